The van der Waals surface area contributed by atoms with Crippen molar-refractivity contribution in [3.05, 3.63) is 62.6 Å². The van der Waals surface area contributed by atoms with Crippen LogP contribution in [-0.4, -0.2) is 32.6 Å². The van der Waals surface area contributed by atoms with E-state index in [4.69, 9.17) is 17.3 Å². The minimum Gasteiger partial charge on any atom is -0.369 e. The fourth-order valence-electron chi connectivity index (χ4n) is 3.49. The number of carbonyl (C=O) groups is 2. The largest absolute Gasteiger partial charge is 0.435 e. The van der Waals surface area contributed by atoms with Crippen molar-refractivity contribution < 1.29 is 22.8 Å². The highest BCUT2D eigenvalue weighted by Crippen LogP contribution is 2.45. The van der Waals surface area contributed by atoms with E-state index >= 15 is 0 Å². The molecule has 0 aromatic carbocycles. The Bertz CT molecular complexity index is 1130. The summed E-state index contributed by atoms with van der Waals surface area (Å²) < 4.78 is 42.2. The Balaban J connectivity index is 2.37. The Hall–Kier alpha value is -2.41. The van der Waals surface area contributed by atoms with Crippen LogP contribution in [0.1, 0.15) is 25.2 Å². The minimum atomic E-state index is -4.84. The molecule has 3 N–H and O–H groups in total. The van der Waals surface area contributed by atoms with E-state index < -0.39 is 35.0 Å². The summed E-state index contributed by atoms with van der Waals surface area (Å²) in [5, 5.41) is 6.35. The third-order valence-corrected chi connectivity index (χ3v) is 6.09. The number of halogens is 5. The first-order chi connectivity index (χ1) is 14.9. The van der Waals surface area contributed by atoms with Gasteiger partial charge in [0.15, 0.2) is 11.5 Å². The second kappa shape index (κ2) is 8.85. The summed E-state index contributed by atoms with van der Waals surface area (Å²) in [4.78, 5) is 30.1. The fraction of sp³-hybridized carbons (Fsp3) is 0.300. The van der Waals surface area contributed by atoms with Crippen molar-refractivity contribution >= 4 is 46.0 Å². The zero-order chi connectivity index (χ0) is 23.8. The topological polar surface area (TPSA) is 103 Å². The molecule has 2 aromatic rings. The summed E-state index contributed by atoms with van der Waals surface area (Å²) in [7, 11) is 0. The average molecular weight is 580 g/mol. The maximum atomic E-state index is 13.6. The quantitative estimate of drug-likeness (QED) is 0.528. The predicted octanol–water partition coefficient (Wildman–Crippen LogP) is 3.69. The van der Waals surface area contributed by atoms with E-state index in [0.717, 1.165) is 4.68 Å². The van der Waals surface area contributed by atoms with Gasteiger partial charge in [0.05, 0.1) is 16.6 Å². The van der Waals surface area contributed by atoms with Crippen molar-refractivity contribution in [2.45, 2.75) is 31.5 Å². The van der Waals surface area contributed by atoms with E-state index in [-0.39, 0.29) is 22.6 Å². The lowest BCUT2D eigenvalue weighted by Gasteiger charge is -2.37. The van der Waals surface area contributed by atoms with Crippen LogP contribution in [0.4, 0.5) is 13.2 Å². The first kappa shape index (κ1) is 24.2. The van der Waals surface area contributed by atoms with Crippen LogP contribution in [0, 0.1) is 5.92 Å². The van der Waals surface area contributed by atoms with Crippen molar-refractivity contribution in [2.24, 2.45) is 11.7 Å². The molecule has 1 aliphatic rings. The van der Waals surface area contributed by atoms with E-state index in [1.807, 2.05) is 22.6 Å². The molecule has 2 unspecified atom stereocenters. The predicted molar refractivity (Wildman–Crippen MR) is 120 cm³/mol. The zero-order valence-corrected chi connectivity index (χ0v) is 19.7. The normalized spacial score (nSPS) is 20.9. The molecule has 0 bridgehead atoms. The summed E-state index contributed by atoms with van der Waals surface area (Å²) in [5.41, 5.74) is 2.24. The third kappa shape index (κ3) is 4.27. The lowest BCUT2D eigenvalue weighted by atomic mass is 9.69. The van der Waals surface area contributed by atoms with Crippen molar-refractivity contribution in [1.29, 1.82) is 0 Å². The molecular weight excluding hydrogens is 562 g/mol. The number of carbonyl (C=O) groups excluding carboxylic acids is 2. The van der Waals surface area contributed by atoms with Gasteiger partial charge >= 0.3 is 6.18 Å². The van der Waals surface area contributed by atoms with Crippen LogP contribution in [0.5, 0.6) is 0 Å². The molecule has 0 aliphatic heterocycles. The molecule has 170 valence electrons. The van der Waals surface area contributed by atoms with Gasteiger partial charge in [-0.1, -0.05) is 29.8 Å². The second-order valence-electron chi connectivity index (χ2n) is 7.37. The maximum absolute atomic E-state index is 13.6. The Kier molecular flexibility index (Phi) is 6.70. The van der Waals surface area contributed by atoms with Gasteiger partial charge in [-0.2, -0.15) is 18.3 Å². The van der Waals surface area contributed by atoms with Crippen LogP contribution in [0.2, 0.25) is 5.02 Å². The Morgan fingerprint density at radius 3 is 2.62 bits per heavy atom. The molecule has 1 aliphatic carbocycles. The molecular formula is C20H18ClF3IN5O2. The van der Waals surface area contributed by atoms with E-state index in [2.05, 4.69) is 15.4 Å². The number of amides is 2. The number of nitrogens with one attached hydrogen (secondary N) is 1. The van der Waals surface area contributed by atoms with Gasteiger partial charge < -0.3 is 11.1 Å². The SMILES string of the molecule is CC(C)NC(=O)C1C(I)=CC=CC1(C(N)=O)c1cc(C(F)(F)F)nn1-c1ncccc1Cl. The standard InChI is InChI=1S/C20H18ClF3IN5O2/c1-10(2)28-17(31)15-12(25)6-3-7-19(15,18(26)32)14-9-13(20(22,23)24)29-30(14)16-11(21)5-4-8-27-16/h3-10,15H,1-2H3,(H2,26,32)(H,28,31). The van der Waals surface area contributed by atoms with Crippen molar-refractivity contribution in [3.8, 4) is 5.82 Å². The molecule has 0 saturated carbocycles. The Labute approximate surface area is 200 Å². The van der Waals surface area contributed by atoms with Gasteiger partial charge in [0.2, 0.25) is 11.8 Å². The number of allylic oxidation sites excluding steroid dienone is 2. The lowest BCUT2D eigenvalue weighted by molar-refractivity contribution is -0.141. The highest BCUT2D eigenvalue weighted by atomic mass is 127. The van der Waals surface area contributed by atoms with E-state index in [9.17, 15) is 22.8 Å². The minimum absolute atomic E-state index is 0.00148. The molecule has 2 aromatic heterocycles. The first-order valence-electron chi connectivity index (χ1n) is 9.33. The molecule has 2 amide bonds. The number of primary amides is 1. The van der Waals surface area contributed by atoms with E-state index in [1.165, 1.54) is 30.5 Å². The van der Waals surface area contributed by atoms with Crippen molar-refractivity contribution in [1.82, 2.24) is 20.1 Å². The van der Waals surface area contributed by atoms with E-state index in [1.54, 1.807) is 19.9 Å². The molecule has 12 heteroatoms. The van der Waals surface area contributed by atoms with Gasteiger partial charge in [0.1, 0.15) is 5.41 Å². The van der Waals surface area contributed by atoms with Crippen LogP contribution < -0.4 is 11.1 Å². The number of rotatable bonds is 5. The highest BCUT2D eigenvalue weighted by molar-refractivity contribution is 14.1. The monoisotopic (exact) mass is 579 g/mol. The van der Waals surface area contributed by atoms with Gasteiger partial charge in [-0.05, 0) is 54.6 Å². The highest BCUT2D eigenvalue weighted by Gasteiger charge is 2.53. The molecule has 0 radical (unpaired) electrons. The third-order valence-electron chi connectivity index (χ3n) is 4.81. The molecule has 0 fully saturated rings. The molecule has 32 heavy (non-hydrogen) atoms. The van der Waals surface area contributed by atoms with Gasteiger partial charge in [-0.25, -0.2) is 9.67 Å². The van der Waals surface area contributed by atoms with Crippen molar-refractivity contribution in [2.75, 3.05) is 0 Å². The summed E-state index contributed by atoms with van der Waals surface area (Å²) in [6.45, 7) is 3.44. The average Bonchev–Trinajstić information content (AvgIpc) is 3.13. The van der Waals surface area contributed by atoms with Crippen LogP contribution in [-0.2, 0) is 21.2 Å². The lowest BCUT2D eigenvalue weighted by Crippen LogP contribution is -2.54. The number of aromatic nitrogens is 3. The molecule has 2 heterocycles. The maximum Gasteiger partial charge on any atom is 0.435 e. The molecule has 0 saturated heterocycles. The number of alkyl halides is 3. The molecule has 3 rings (SSSR count). The summed E-state index contributed by atoms with van der Waals surface area (Å²) >= 11 is 8.05. The Morgan fingerprint density at radius 2 is 2.06 bits per heavy atom. The van der Waals surface area contributed by atoms with Crippen LogP contribution in [0.25, 0.3) is 5.82 Å². The van der Waals surface area contributed by atoms with Gasteiger partial charge in [0.25, 0.3) is 0 Å². The van der Waals surface area contributed by atoms with Gasteiger partial charge in [-0.3, -0.25) is 9.59 Å². The molecule has 0 spiro atoms. The summed E-state index contributed by atoms with van der Waals surface area (Å²) in [6.07, 6.45) is 0.853. The smallest absolute Gasteiger partial charge is 0.369 e. The summed E-state index contributed by atoms with van der Waals surface area (Å²) in [5.74, 6) is -2.97. The van der Waals surface area contributed by atoms with Crippen LogP contribution in [0.3, 0.4) is 0 Å². The van der Waals surface area contributed by atoms with Crippen LogP contribution in [0.15, 0.2) is 46.2 Å². The van der Waals surface area contributed by atoms with Gasteiger partial charge in [0, 0.05) is 15.8 Å². The van der Waals surface area contributed by atoms with E-state index in [0.29, 0.717) is 9.65 Å². The Morgan fingerprint density at radius 1 is 1.38 bits per heavy atom. The number of pyridine rings is 1. The van der Waals surface area contributed by atoms with Crippen molar-refractivity contribution in [3.63, 3.8) is 0 Å². The fourth-order valence-corrected chi connectivity index (χ4v) is 4.68. The molecule has 7 nitrogen and oxygen atoms in total. The molecule has 2 atom stereocenters. The van der Waals surface area contributed by atoms with Crippen LogP contribution >= 0.6 is 34.2 Å². The number of hydrogen-bond donors (Lipinski definition) is 2. The number of nitrogens with two attached hydrogens (primary N) is 1. The van der Waals surface area contributed by atoms with Gasteiger partial charge in [-0.15, -0.1) is 0 Å². The second-order valence-corrected chi connectivity index (χ2v) is 9.03. The number of hydrogen-bond acceptors (Lipinski definition) is 4. The first-order valence-corrected chi connectivity index (χ1v) is 10.8. The number of nitrogens with zero attached hydrogens (tertiary/aromatic N) is 3. The zero-order valence-electron chi connectivity index (χ0n) is 16.8. The summed E-state index contributed by atoms with van der Waals surface area (Å²) in [6, 6.07) is 3.33.